The number of amidine groups is 1. The average molecular weight is 362 g/mol. The van der Waals surface area contributed by atoms with E-state index in [1.54, 1.807) is 40.3 Å². The van der Waals surface area contributed by atoms with Gasteiger partial charge in [-0.1, -0.05) is 17.7 Å². The SMILES string of the molecule is Cn1ccc(NC2=NN(c3ccc(CNC(=O)O)c(Cl)c3)NC=C2)n1. The summed E-state index contributed by atoms with van der Waals surface area (Å²) in [5, 5.41) is 24.7. The normalized spacial score (nSPS) is 13.2. The lowest BCUT2D eigenvalue weighted by molar-refractivity contribution is 0.194. The van der Waals surface area contributed by atoms with Crippen LogP contribution in [0.15, 0.2) is 47.8 Å². The molecule has 0 bridgehead atoms. The van der Waals surface area contributed by atoms with Crippen LogP contribution in [0.25, 0.3) is 0 Å². The van der Waals surface area contributed by atoms with Crippen LogP contribution < -0.4 is 21.2 Å². The molecule has 0 unspecified atom stereocenters. The third-order valence-electron chi connectivity index (χ3n) is 3.33. The number of carboxylic acid groups (broad SMARTS) is 1. The first-order chi connectivity index (χ1) is 12.0. The quantitative estimate of drug-likeness (QED) is 0.664. The van der Waals surface area contributed by atoms with E-state index in [1.807, 2.05) is 19.3 Å². The predicted octanol–water partition coefficient (Wildman–Crippen LogP) is 2.10. The summed E-state index contributed by atoms with van der Waals surface area (Å²) in [6.07, 6.45) is 4.23. The molecule has 0 atom stereocenters. The minimum atomic E-state index is -1.10. The van der Waals surface area contributed by atoms with E-state index in [1.165, 1.54) is 0 Å². The number of amides is 1. The number of anilines is 2. The number of hydrogen-bond acceptors (Lipinski definition) is 6. The molecule has 1 aliphatic heterocycles. The molecule has 2 heterocycles. The summed E-state index contributed by atoms with van der Waals surface area (Å²) in [5.74, 6) is 1.28. The number of benzene rings is 1. The van der Waals surface area contributed by atoms with Crippen LogP contribution in [0.3, 0.4) is 0 Å². The Morgan fingerprint density at radius 2 is 2.24 bits per heavy atom. The van der Waals surface area contributed by atoms with Gasteiger partial charge in [0.25, 0.3) is 0 Å². The van der Waals surface area contributed by atoms with Crippen molar-refractivity contribution in [2.45, 2.75) is 6.54 Å². The molecule has 25 heavy (non-hydrogen) atoms. The third-order valence-corrected chi connectivity index (χ3v) is 3.68. The first-order valence-corrected chi connectivity index (χ1v) is 7.72. The highest BCUT2D eigenvalue weighted by atomic mass is 35.5. The number of hydrogen-bond donors (Lipinski definition) is 4. The van der Waals surface area contributed by atoms with Gasteiger partial charge in [-0.15, -0.1) is 5.10 Å². The van der Waals surface area contributed by atoms with Crippen molar-refractivity contribution in [1.82, 2.24) is 20.5 Å². The summed E-state index contributed by atoms with van der Waals surface area (Å²) >= 11 is 6.22. The molecule has 0 aliphatic carbocycles. The van der Waals surface area contributed by atoms with E-state index in [0.29, 0.717) is 27.9 Å². The van der Waals surface area contributed by atoms with Gasteiger partial charge >= 0.3 is 6.09 Å². The highest BCUT2D eigenvalue weighted by Gasteiger charge is 2.12. The molecule has 2 aromatic rings. The first-order valence-electron chi connectivity index (χ1n) is 7.34. The fourth-order valence-electron chi connectivity index (χ4n) is 2.15. The molecule has 1 aromatic heterocycles. The zero-order chi connectivity index (χ0) is 17.8. The van der Waals surface area contributed by atoms with E-state index in [0.717, 1.165) is 0 Å². The smallest absolute Gasteiger partial charge is 0.404 e. The molecule has 9 nitrogen and oxygen atoms in total. The molecule has 4 N–H and O–H groups in total. The molecule has 1 aromatic carbocycles. The Bertz CT molecular complexity index is 846. The second-order valence-corrected chi connectivity index (χ2v) is 5.60. The van der Waals surface area contributed by atoms with E-state index in [2.05, 4.69) is 26.3 Å². The Kier molecular flexibility index (Phi) is 4.75. The van der Waals surface area contributed by atoms with Crippen LogP contribution >= 0.6 is 11.6 Å². The Labute approximate surface area is 148 Å². The Balaban J connectivity index is 1.73. The lowest BCUT2D eigenvalue weighted by Gasteiger charge is -2.23. The van der Waals surface area contributed by atoms with Crippen molar-refractivity contribution >= 4 is 35.0 Å². The average Bonchev–Trinajstić information content (AvgIpc) is 2.98. The topological polar surface area (TPSA) is 107 Å². The van der Waals surface area contributed by atoms with E-state index >= 15 is 0 Å². The maximum absolute atomic E-state index is 10.6. The van der Waals surface area contributed by atoms with Crippen molar-refractivity contribution < 1.29 is 9.90 Å². The van der Waals surface area contributed by atoms with Crippen molar-refractivity contribution in [1.29, 1.82) is 0 Å². The van der Waals surface area contributed by atoms with Gasteiger partial charge in [-0.2, -0.15) is 10.2 Å². The highest BCUT2D eigenvalue weighted by Crippen LogP contribution is 2.24. The minimum absolute atomic E-state index is 0.136. The number of aryl methyl sites for hydroxylation is 1. The number of hydrazine groups is 1. The van der Waals surface area contributed by atoms with E-state index in [-0.39, 0.29) is 6.54 Å². The van der Waals surface area contributed by atoms with Gasteiger partial charge in [-0.05, 0) is 17.7 Å². The Morgan fingerprint density at radius 3 is 2.92 bits per heavy atom. The largest absolute Gasteiger partial charge is 0.465 e. The van der Waals surface area contributed by atoms with Gasteiger partial charge in [0.15, 0.2) is 11.7 Å². The van der Waals surface area contributed by atoms with Crippen LogP contribution in [-0.4, -0.2) is 26.8 Å². The van der Waals surface area contributed by atoms with Crippen molar-refractivity contribution in [3.05, 3.63) is 53.3 Å². The van der Waals surface area contributed by atoms with Gasteiger partial charge in [0, 0.05) is 43.2 Å². The summed E-state index contributed by atoms with van der Waals surface area (Å²) in [6, 6.07) is 7.08. The molecule has 1 amide bonds. The highest BCUT2D eigenvalue weighted by molar-refractivity contribution is 6.31. The summed E-state index contributed by atoms with van der Waals surface area (Å²) in [7, 11) is 1.83. The summed E-state index contributed by atoms with van der Waals surface area (Å²) < 4.78 is 1.69. The lowest BCUT2D eigenvalue weighted by Crippen LogP contribution is -2.35. The number of aromatic nitrogens is 2. The van der Waals surface area contributed by atoms with Gasteiger partial charge in [0.2, 0.25) is 0 Å². The molecule has 0 fully saturated rings. The number of carbonyl (C=O) groups is 1. The van der Waals surface area contributed by atoms with E-state index in [9.17, 15) is 4.79 Å². The molecule has 1 aliphatic rings. The lowest BCUT2D eigenvalue weighted by atomic mass is 10.2. The third kappa shape index (κ3) is 4.21. The van der Waals surface area contributed by atoms with Crippen molar-refractivity contribution in [3.8, 4) is 0 Å². The van der Waals surface area contributed by atoms with Crippen LogP contribution in [0.4, 0.5) is 16.3 Å². The zero-order valence-electron chi connectivity index (χ0n) is 13.3. The Morgan fingerprint density at radius 1 is 1.40 bits per heavy atom. The van der Waals surface area contributed by atoms with Crippen LogP contribution in [-0.2, 0) is 13.6 Å². The summed E-state index contributed by atoms with van der Waals surface area (Å²) in [4.78, 5) is 10.6. The zero-order valence-corrected chi connectivity index (χ0v) is 14.0. The molecule has 0 saturated carbocycles. The molecule has 0 saturated heterocycles. The van der Waals surface area contributed by atoms with Crippen molar-refractivity contribution in [2.75, 3.05) is 10.4 Å². The first kappa shape index (κ1) is 16.7. The van der Waals surface area contributed by atoms with Gasteiger partial charge in [-0.25, -0.2) is 4.79 Å². The maximum Gasteiger partial charge on any atom is 0.404 e. The second kappa shape index (κ2) is 7.14. The summed E-state index contributed by atoms with van der Waals surface area (Å²) in [5.41, 5.74) is 4.36. The molecule has 130 valence electrons. The van der Waals surface area contributed by atoms with Gasteiger partial charge in [0.05, 0.1) is 5.69 Å². The second-order valence-electron chi connectivity index (χ2n) is 5.19. The predicted molar refractivity (Wildman–Crippen MR) is 95.3 cm³/mol. The monoisotopic (exact) mass is 361 g/mol. The Hall–Kier alpha value is -3.20. The van der Waals surface area contributed by atoms with E-state index in [4.69, 9.17) is 16.7 Å². The van der Waals surface area contributed by atoms with Crippen LogP contribution in [0, 0.1) is 0 Å². The van der Waals surface area contributed by atoms with Gasteiger partial charge < -0.3 is 15.7 Å². The number of nitrogens with zero attached hydrogens (tertiary/aromatic N) is 4. The fourth-order valence-corrected chi connectivity index (χ4v) is 2.39. The molecular weight excluding hydrogens is 346 g/mol. The number of rotatable bonds is 4. The number of hydrazone groups is 1. The standard InChI is InChI=1S/C15H16ClN7O2/c1-22-7-5-14(20-22)19-13-4-6-18-23(21-13)11-3-2-10(12(16)8-11)9-17-15(24)25/h2-8,17-18H,9H2,1H3,(H,24,25)(H,19,20,21). The van der Waals surface area contributed by atoms with Crippen LogP contribution in [0.5, 0.6) is 0 Å². The van der Waals surface area contributed by atoms with Crippen LogP contribution in [0.1, 0.15) is 5.56 Å². The molecular formula is C15H16ClN7O2. The maximum atomic E-state index is 10.6. The molecule has 3 rings (SSSR count). The minimum Gasteiger partial charge on any atom is -0.465 e. The summed E-state index contributed by atoms with van der Waals surface area (Å²) in [6.45, 7) is 0.136. The van der Waals surface area contributed by atoms with E-state index < -0.39 is 6.09 Å². The van der Waals surface area contributed by atoms with Crippen molar-refractivity contribution in [3.63, 3.8) is 0 Å². The number of nitrogens with one attached hydrogen (secondary N) is 3. The fraction of sp³-hybridized carbons (Fsp3) is 0.133. The molecule has 10 heteroatoms. The molecule has 0 radical (unpaired) electrons. The van der Waals surface area contributed by atoms with Gasteiger partial charge in [-0.3, -0.25) is 10.1 Å². The number of halogens is 1. The van der Waals surface area contributed by atoms with Gasteiger partial charge in [0.1, 0.15) is 0 Å². The van der Waals surface area contributed by atoms with Crippen LogP contribution in [0.2, 0.25) is 5.02 Å². The molecule has 0 spiro atoms. The van der Waals surface area contributed by atoms with Crippen molar-refractivity contribution in [2.24, 2.45) is 12.1 Å².